The van der Waals surface area contributed by atoms with E-state index in [-0.39, 0.29) is 0 Å². The van der Waals surface area contributed by atoms with Gasteiger partial charge in [0.1, 0.15) is 0 Å². The molecule has 2 fully saturated rings. The van der Waals surface area contributed by atoms with E-state index in [1.165, 1.54) is 32.1 Å². The lowest BCUT2D eigenvalue weighted by atomic mass is 9.77. The van der Waals surface area contributed by atoms with Gasteiger partial charge in [-0.3, -0.25) is 0 Å². The highest BCUT2D eigenvalue weighted by atomic mass is 14.4. The highest BCUT2D eigenvalue weighted by molar-refractivity contribution is 4.89. The Kier molecular flexibility index (Phi) is 1.95. The van der Waals surface area contributed by atoms with Gasteiger partial charge in [0.15, 0.2) is 0 Å². The molecule has 0 amide bonds. The second kappa shape index (κ2) is 2.80. The monoisotopic (exact) mass is 152 g/mol. The van der Waals surface area contributed by atoms with E-state index in [9.17, 15) is 0 Å². The summed E-state index contributed by atoms with van der Waals surface area (Å²) >= 11 is 0. The van der Waals surface area contributed by atoms with Crippen LogP contribution in [-0.2, 0) is 0 Å². The molecule has 0 heteroatoms. The highest BCUT2D eigenvalue weighted by Crippen LogP contribution is 2.48. The van der Waals surface area contributed by atoms with Crippen LogP contribution in [0.3, 0.4) is 0 Å². The Morgan fingerprint density at radius 3 is 1.73 bits per heavy atom. The predicted octanol–water partition coefficient (Wildman–Crippen LogP) is 3.47. The van der Waals surface area contributed by atoms with Crippen molar-refractivity contribution in [2.45, 2.75) is 46.0 Å². The summed E-state index contributed by atoms with van der Waals surface area (Å²) in [5.41, 5.74) is 0. The molecular formula is C11H20. The summed E-state index contributed by atoms with van der Waals surface area (Å²) < 4.78 is 0. The van der Waals surface area contributed by atoms with Gasteiger partial charge < -0.3 is 0 Å². The zero-order valence-electron chi connectivity index (χ0n) is 7.84. The Balaban J connectivity index is 2.07. The number of rotatable bonds is 0. The maximum atomic E-state index is 2.46. The molecule has 0 N–H and O–H groups in total. The Hall–Kier alpha value is 0. The van der Waals surface area contributed by atoms with E-state index in [0.29, 0.717) is 0 Å². The summed E-state index contributed by atoms with van der Waals surface area (Å²) in [6.07, 6.45) is 7.61. The Morgan fingerprint density at radius 1 is 0.818 bits per heavy atom. The summed E-state index contributed by atoms with van der Waals surface area (Å²) in [6, 6.07) is 0. The first-order chi connectivity index (χ1) is 5.29. The molecule has 0 heterocycles. The maximum absolute atomic E-state index is 2.46. The van der Waals surface area contributed by atoms with Gasteiger partial charge in [0, 0.05) is 0 Å². The van der Waals surface area contributed by atoms with Crippen LogP contribution in [0.5, 0.6) is 0 Å². The number of hydrogen-bond acceptors (Lipinski definition) is 0. The molecule has 64 valence electrons. The molecular weight excluding hydrogens is 132 g/mol. The van der Waals surface area contributed by atoms with Gasteiger partial charge in [0.25, 0.3) is 0 Å². The van der Waals surface area contributed by atoms with Gasteiger partial charge in [0.05, 0.1) is 0 Å². The van der Waals surface area contributed by atoms with Crippen LogP contribution < -0.4 is 0 Å². The van der Waals surface area contributed by atoms with E-state index >= 15 is 0 Å². The van der Waals surface area contributed by atoms with Gasteiger partial charge in [-0.2, -0.15) is 0 Å². The van der Waals surface area contributed by atoms with E-state index in [0.717, 1.165) is 23.7 Å². The van der Waals surface area contributed by atoms with Crippen LogP contribution in [0.4, 0.5) is 0 Å². The minimum atomic E-state index is 1.04. The zero-order chi connectivity index (χ0) is 7.84. The smallest absolute Gasteiger partial charge is 0.0357 e. The van der Waals surface area contributed by atoms with Crippen molar-refractivity contribution in [1.82, 2.24) is 0 Å². The van der Waals surface area contributed by atoms with Gasteiger partial charge in [-0.05, 0) is 42.9 Å². The van der Waals surface area contributed by atoms with E-state index in [1.54, 1.807) is 0 Å². The van der Waals surface area contributed by atoms with Crippen LogP contribution in [0.1, 0.15) is 46.0 Å². The first-order valence-electron chi connectivity index (χ1n) is 5.29. The summed E-state index contributed by atoms with van der Waals surface area (Å²) in [6.45, 7) is 4.93. The quantitative estimate of drug-likeness (QED) is 0.498. The van der Waals surface area contributed by atoms with E-state index in [2.05, 4.69) is 13.8 Å². The van der Waals surface area contributed by atoms with Crippen molar-refractivity contribution < 1.29 is 0 Å². The fraction of sp³-hybridized carbons (Fsp3) is 1.00. The minimum Gasteiger partial charge on any atom is -0.0622 e. The van der Waals surface area contributed by atoms with Crippen molar-refractivity contribution in [3.63, 3.8) is 0 Å². The van der Waals surface area contributed by atoms with Crippen LogP contribution in [0.15, 0.2) is 0 Å². The van der Waals surface area contributed by atoms with Gasteiger partial charge in [-0.1, -0.05) is 26.7 Å². The second-order valence-electron chi connectivity index (χ2n) is 4.80. The summed E-state index contributed by atoms with van der Waals surface area (Å²) in [5.74, 6) is 4.29. The second-order valence-corrected chi connectivity index (χ2v) is 4.80. The van der Waals surface area contributed by atoms with Crippen molar-refractivity contribution in [1.29, 1.82) is 0 Å². The third kappa shape index (κ3) is 1.21. The van der Waals surface area contributed by atoms with E-state index in [1.807, 2.05) is 0 Å². The van der Waals surface area contributed by atoms with Gasteiger partial charge in [-0.25, -0.2) is 0 Å². The maximum Gasteiger partial charge on any atom is -0.0357 e. The molecule has 0 radical (unpaired) electrons. The standard InChI is InChI=1S/C11H20/c1-8-7-9(2)11-6-4-3-5-10(8)11/h8-11H,3-7H2,1-2H3. The molecule has 0 aliphatic heterocycles. The molecule has 2 aliphatic carbocycles. The molecule has 2 aliphatic rings. The summed E-state index contributed by atoms with van der Waals surface area (Å²) in [5, 5.41) is 0. The first-order valence-corrected chi connectivity index (χ1v) is 5.29. The van der Waals surface area contributed by atoms with Gasteiger partial charge in [0.2, 0.25) is 0 Å². The lowest BCUT2D eigenvalue weighted by molar-refractivity contribution is 0.214. The fourth-order valence-electron chi connectivity index (χ4n) is 3.54. The molecule has 0 aromatic heterocycles. The molecule has 2 saturated carbocycles. The first kappa shape index (κ1) is 7.64. The molecule has 4 unspecified atom stereocenters. The van der Waals surface area contributed by atoms with Crippen molar-refractivity contribution in [2.75, 3.05) is 0 Å². The molecule has 0 saturated heterocycles. The van der Waals surface area contributed by atoms with Crippen LogP contribution >= 0.6 is 0 Å². The minimum absolute atomic E-state index is 1.04. The van der Waals surface area contributed by atoms with Crippen molar-refractivity contribution in [2.24, 2.45) is 23.7 Å². The predicted molar refractivity (Wildman–Crippen MR) is 48.4 cm³/mol. The van der Waals surface area contributed by atoms with Gasteiger partial charge in [-0.15, -0.1) is 0 Å². The molecule has 0 bridgehead atoms. The Bertz CT molecular complexity index is 123. The third-order valence-electron chi connectivity index (χ3n) is 4.08. The Morgan fingerprint density at radius 2 is 1.27 bits per heavy atom. The SMILES string of the molecule is CC1CC(C)C2CCCCC12. The van der Waals surface area contributed by atoms with Gasteiger partial charge >= 0.3 is 0 Å². The van der Waals surface area contributed by atoms with E-state index in [4.69, 9.17) is 0 Å². The van der Waals surface area contributed by atoms with Crippen molar-refractivity contribution in [3.05, 3.63) is 0 Å². The lowest BCUT2D eigenvalue weighted by Crippen LogP contribution is -2.19. The van der Waals surface area contributed by atoms with Crippen LogP contribution in [0, 0.1) is 23.7 Å². The molecule has 0 nitrogen and oxygen atoms in total. The topological polar surface area (TPSA) is 0 Å². The molecule has 0 aromatic carbocycles. The van der Waals surface area contributed by atoms with Crippen LogP contribution in [-0.4, -0.2) is 0 Å². The average Bonchev–Trinajstić information content (AvgIpc) is 2.30. The largest absolute Gasteiger partial charge is 0.0622 e. The number of fused-ring (bicyclic) bond motifs is 1. The lowest BCUT2D eigenvalue weighted by Gasteiger charge is -2.29. The van der Waals surface area contributed by atoms with Crippen molar-refractivity contribution >= 4 is 0 Å². The zero-order valence-corrected chi connectivity index (χ0v) is 7.84. The van der Waals surface area contributed by atoms with Crippen LogP contribution in [0.2, 0.25) is 0 Å². The molecule has 4 atom stereocenters. The van der Waals surface area contributed by atoms with E-state index < -0.39 is 0 Å². The van der Waals surface area contributed by atoms with Crippen molar-refractivity contribution in [3.8, 4) is 0 Å². The Labute approximate surface area is 70.4 Å². The summed E-state index contributed by atoms with van der Waals surface area (Å²) in [4.78, 5) is 0. The average molecular weight is 152 g/mol. The fourth-order valence-corrected chi connectivity index (χ4v) is 3.54. The number of hydrogen-bond donors (Lipinski definition) is 0. The molecule has 0 aromatic rings. The normalized spacial score (nSPS) is 50.7. The molecule has 0 spiro atoms. The molecule has 2 rings (SSSR count). The molecule has 11 heavy (non-hydrogen) atoms. The highest BCUT2D eigenvalue weighted by Gasteiger charge is 2.39. The van der Waals surface area contributed by atoms with Crippen LogP contribution in [0.25, 0.3) is 0 Å². The third-order valence-corrected chi connectivity index (χ3v) is 4.08. The summed E-state index contributed by atoms with van der Waals surface area (Å²) in [7, 11) is 0.